The van der Waals surface area contributed by atoms with Crippen molar-refractivity contribution in [2.75, 3.05) is 33.5 Å². The molecule has 1 aromatic heterocycles. The van der Waals surface area contributed by atoms with Gasteiger partial charge in [-0.2, -0.15) is 0 Å². The van der Waals surface area contributed by atoms with Crippen molar-refractivity contribution >= 4 is 39.4 Å². The molecule has 0 radical (unpaired) electrons. The molecule has 1 aliphatic carbocycles. The standard InChI is InChI=1S/C50H50N2O12/c1-60-40-21-30-20-33(28-8-2-3-9-28)43-38(55)24-52-23-36-29(10-4-12-31(36)48(52)58)11-6-18-61-47-44(56)41-25-62-39(35-22-51-37-15-13-27(7-5-17-53)19-34(35)37)16-14-32(40)46(42(30)45(43)57)64-49(63-41)50(47,59)26-54/h4,10,12-16,19-22,28,39,41,44,47,49,51,53-54,56-57,59H,2-3,5,7-9,11,17,23-26H2,1H3. The number of nitrogens with zero attached hydrogens (tertiary/aromatic N) is 1. The van der Waals surface area contributed by atoms with Gasteiger partial charge in [-0.3, -0.25) is 9.59 Å². The largest absolute Gasteiger partial charge is 0.506 e. The minimum atomic E-state index is -2.46. The van der Waals surface area contributed by atoms with Gasteiger partial charge in [-0.25, -0.2) is 0 Å². The molecular formula is C50H50N2O12. The third-order valence-electron chi connectivity index (χ3n) is 13.6. The van der Waals surface area contributed by atoms with Gasteiger partial charge in [-0.1, -0.05) is 43.0 Å². The average Bonchev–Trinajstić information content (AvgIpc) is 4.06. The number of aromatic nitrogens is 1. The van der Waals surface area contributed by atoms with Crippen molar-refractivity contribution in [2.45, 2.75) is 93.7 Å². The lowest BCUT2D eigenvalue weighted by Crippen LogP contribution is -2.70. The molecule has 332 valence electrons. The Hall–Kier alpha value is -5.92. The van der Waals surface area contributed by atoms with Crippen molar-refractivity contribution in [1.29, 1.82) is 0 Å². The minimum Gasteiger partial charge on any atom is -0.506 e. The Kier molecular flexibility index (Phi) is 11.1. The molecule has 64 heavy (non-hydrogen) atoms. The number of aliphatic hydroxyl groups is 4. The van der Waals surface area contributed by atoms with Crippen LogP contribution in [0.2, 0.25) is 0 Å². The first-order chi connectivity index (χ1) is 31.1. The molecule has 0 spiro atoms. The highest BCUT2D eigenvalue weighted by Gasteiger charge is 2.59. The highest BCUT2D eigenvalue weighted by Crippen LogP contribution is 2.50. The topological polar surface area (TPSA) is 200 Å². The number of aliphatic hydroxyl groups excluding tert-OH is 3. The van der Waals surface area contributed by atoms with Gasteiger partial charge in [0.25, 0.3) is 5.91 Å². The Morgan fingerprint density at radius 1 is 1.05 bits per heavy atom. The fraction of sp³-hybridized carbons (Fsp3) is 0.400. The second-order valence-corrected chi connectivity index (χ2v) is 17.4. The van der Waals surface area contributed by atoms with Crippen molar-refractivity contribution in [2.24, 2.45) is 0 Å². The van der Waals surface area contributed by atoms with Crippen molar-refractivity contribution < 1.29 is 58.8 Å². The number of hydrogen-bond donors (Lipinski definition) is 6. The van der Waals surface area contributed by atoms with E-state index in [-0.39, 0.29) is 72.6 Å². The number of H-pyrrole nitrogens is 1. The maximum Gasteiger partial charge on any atom is 0.254 e. The Morgan fingerprint density at radius 2 is 1.89 bits per heavy atom. The Morgan fingerprint density at radius 3 is 2.69 bits per heavy atom. The van der Waals surface area contributed by atoms with E-state index in [4.69, 9.17) is 23.7 Å². The van der Waals surface area contributed by atoms with Crippen LogP contribution in [0.25, 0.3) is 27.8 Å². The molecule has 5 aromatic rings. The lowest BCUT2D eigenvalue weighted by atomic mass is 9.86. The number of carbonyl (C=O) groups is 2. The quantitative estimate of drug-likeness (QED) is 0.115. The number of rotatable bonds is 7. The first kappa shape index (κ1) is 42.1. The van der Waals surface area contributed by atoms with E-state index in [1.54, 1.807) is 30.4 Å². The fourth-order valence-electron chi connectivity index (χ4n) is 10.3. The Labute approximate surface area is 369 Å². The number of fused-ring (bicyclic) bond motifs is 5. The zero-order chi connectivity index (χ0) is 44.3. The van der Waals surface area contributed by atoms with E-state index in [2.05, 4.69) is 17.0 Å². The predicted molar refractivity (Wildman–Crippen MR) is 234 cm³/mol. The van der Waals surface area contributed by atoms with E-state index in [0.717, 1.165) is 53.3 Å². The van der Waals surface area contributed by atoms with E-state index in [9.17, 15) is 35.1 Å². The lowest BCUT2D eigenvalue weighted by Gasteiger charge is -2.47. The summed E-state index contributed by atoms with van der Waals surface area (Å²) in [5, 5.41) is 59.2. The Balaban J connectivity index is 1.22. The van der Waals surface area contributed by atoms with E-state index in [0.29, 0.717) is 40.7 Å². The number of Topliss-reactive ketones (excluding diaryl/α,β-unsaturated/α-hetero) is 1. The van der Waals surface area contributed by atoms with Crippen LogP contribution in [0.3, 0.4) is 0 Å². The van der Waals surface area contributed by atoms with Crippen LogP contribution in [0, 0.1) is 12.0 Å². The third-order valence-corrected chi connectivity index (χ3v) is 13.6. The maximum absolute atomic E-state index is 14.9. The van der Waals surface area contributed by atoms with Crippen molar-refractivity contribution in [3.05, 3.63) is 105 Å². The first-order valence-corrected chi connectivity index (χ1v) is 21.9. The fourth-order valence-corrected chi connectivity index (χ4v) is 10.3. The second-order valence-electron chi connectivity index (χ2n) is 17.4. The van der Waals surface area contributed by atoms with Gasteiger partial charge in [0.15, 0.2) is 17.5 Å². The summed E-state index contributed by atoms with van der Waals surface area (Å²) < 4.78 is 31.8. The number of aromatic hydroxyl groups is 1. The van der Waals surface area contributed by atoms with Crippen LogP contribution < -0.4 is 9.47 Å². The third kappa shape index (κ3) is 7.07. The van der Waals surface area contributed by atoms with Gasteiger partial charge in [0.05, 0.1) is 43.4 Å². The minimum absolute atomic E-state index is 0.0479. The monoisotopic (exact) mass is 870 g/mol. The molecule has 6 unspecified atom stereocenters. The van der Waals surface area contributed by atoms with E-state index in [1.165, 1.54) is 12.0 Å². The molecule has 2 fully saturated rings. The summed E-state index contributed by atoms with van der Waals surface area (Å²) in [6.07, 6.45) is 5.82. The zero-order valence-electron chi connectivity index (χ0n) is 35.3. The summed E-state index contributed by atoms with van der Waals surface area (Å²) in [5.74, 6) is 2.03. The van der Waals surface area contributed by atoms with Crippen LogP contribution in [-0.2, 0) is 33.6 Å². The molecule has 14 nitrogen and oxygen atoms in total. The molecule has 8 bridgehead atoms. The zero-order valence-corrected chi connectivity index (χ0v) is 35.3. The molecule has 10 rings (SSSR count). The van der Waals surface area contributed by atoms with Gasteiger partial charge in [-0.15, -0.1) is 0 Å². The number of hydrogen-bond acceptors (Lipinski definition) is 12. The van der Waals surface area contributed by atoms with Gasteiger partial charge in [0.1, 0.15) is 41.7 Å². The highest BCUT2D eigenvalue weighted by atomic mass is 16.7. The van der Waals surface area contributed by atoms with Crippen molar-refractivity contribution in [1.82, 2.24) is 9.88 Å². The molecule has 1 saturated carbocycles. The predicted octanol–water partition coefficient (Wildman–Crippen LogP) is 5.33. The van der Waals surface area contributed by atoms with Gasteiger partial charge in [0, 0.05) is 47.8 Å². The molecule has 5 heterocycles. The van der Waals surface area contributed by atoms with Crippen LogP contribution in [0.1, 0.15) is 98.2 Å². The van der Waals surface area contributed by atoms with E-state index < -0.39 is 48.7 Å². The van der Waals surface area contributed by atoms with Crippen LogP contribution >= 0.6 is 0 Å². The lowest BCUT2D eigenvalue weighted by molar-refractivity contribution is -0.328. The summed E-state index contributed by atoms with van der Waals surface area (Å²) in [7, 11) is 1.49. The average molecular weight is 871 g/mol. The molecule has 6 atom stereocenters. The smallest absolute Gasteiger partial charge is 0.254 e. The number of ether oxygens (including phenoxy) is 5. The first-order valence-electron chi connectivity index (χ1n) is 21.9. The van der Waals surface area contributed by atoms with Crippen molar-refractivity contribution in [3.8, 4) is 29.3 Å². The maximum atomic E-state index is 14.9. The summed E-state index contributed by atoms with van der Waals surface area (Å²) in [4.78, 5) is 33.6. The molecule has 1 saturated heterocycles. The normalized spacial score (nSPS) is 25.6. The van der Waals surface area contributed by atoms with Gasteiger partial charge < -0.3 is 59.1 Å². The number of benzene rings is 4. The Bertz CT molecular complexity index is 2760. The van der Waals surface area contributed by atoms with Crippen LogP contribution in [0.5, 0.6) is 17.2 Å². The molecule has 6 N–H and O–H groups in total. The number of aromatic amines is 1. The molecule has 4 aromatic carbocycles. The number of phenolic OH excluding ortho intramolecular Hbond substituents is 1. The van der Waals surface area contributed by atoms with E-state index >= 15 is 0 Å². The summed E-state index contributed by atoms with van der Waals surface area (Å²) >= 11 is 0. The molecule has 5 aliphatic rings. The van der Waals surface area contributed by atoms with Crippen LogP contribution in [-0.4, -0.2) is 111 Å². The second kappa shape index (κ2) is 16.9. The summed E-state index contributed by atoms with van der Waals surface area (Å²) in [6, 6.07) is 14.9. The van der Waals surface area contributed by atoms with Gasteiger partial charge in [-0.05, 0) is 95.6 Å². The van der Waals surface area contributed by atoms with Crippen LogP contribution in [0.4, 0.5) is 0 Å². The van der Waals surface area contributed by atoms with E-state index in [1.807, 2.05) is 36.5 Å². The number of carbonyl (C=O) groups excluding carboxylic acids is 2. The number of nitrogens with one attached hydrogen (secondary N) is 1. The SMILES string of the molecule is COc1cc2cc(C3CCCC3)c3c(O)c2c2c1C=CC(c1c[nH]c4ccc(CCCO)cc14)OCC1OC(O2)C(O)(CO)C(OC#CCc2cccc4c2CN(CC3=O)C4=O)C1O. The van der Waals surface area contributed by atoms with Crippen molar-refractivity contribution in [3.63, 3.8) is 0 Å². The molecule has 4 aliphatic heterocycles. The van der Waals surface area contributed by atoms with Gasteiger partial charge >= 0.3 is 0 Å². The number of amides is 1. The number of aryl methyl sites for hydroxylation is 1. The molecule has 1 amide bonds. The van der Waals surface area contributed by atoms with Crippen LogP contribution in [0.15, 0.2) is 60.8 Å². The molecule has 14 heteroatoms. The molecular weight excluding hydrogens is 821 g/mol. The number of ketones is 1. The summed E-state index contributed by atoms with van der Waals surface area (Å²) in [6.45, 7) is -1.35. The highest BCUT2D eigenvalue weighted by molar-refractivity contribution is 6.11. The number of phenols is 1. The summed E-state index contributed by atoms with van der Waals surface area (Å²) in [5.41, 5.74) is 3.06. The van der Waals surface area contributed by atoms with Gasteiger partial charge in [0.2, 0.25) is 6.29 Å². The number of methoxy groups -OCH3 is 1.